The van der Waals surface area contributed by atoms with Crippen molar-refractivity contribution in [3.63, 3.8) is 0 Å². The zero-order valence-corrected chi connectivity index (χ0v) is 10.1. The molecule has 2 atom stereocenters. The fourth-order valence-corrected chi connectivity index (χ4v) is 3.33. The zero-order chi connectivity index (χ0) is 11.1. The summed E-state index contributed by atoms with van der Waals surface area (Å²) in [6.07, 6.45) is 6.11. The van der Waals surface area contributed by atoms with Crippen molar-refractivity contribution in [3.05, 3.63) is 12.4 Å². The molecule has 4 nitrogen and oxygen atoms in total. The fraction of sp³-hybridized carbons (Fsp3) is 0.833. The molecule has 2 heterocycles. The summed E-state index contributed by atoms with van der Waals surface area (Å²) in [5, 5.41) is 8.54. The van der Waals surface area contributed by atoms with E-state index in [4.69, 9.17) is 0 Å². The predicted molar refractivity (Wildman–Crippen MR) is 62.0 cm³/mol. The number of likely N-dealkylation sites (tertiary alicyclic amines) is 1. The number of fused-ring (bicyclic) bond motifs is 1. The van der Waals surface area contributed by atoms with E-state index >= 15 is 0 Å². The Morgan fingerprint density at radius 1 is 1.06 bits per heavy atom. The summed E-state index contributed by atoms with van der Waals surface area (Å²) in [6, 6.07) is 1.26. The Balaban J connectivity index is 1.65. The fourth-order valence-electron chi connectivity index (χ4n) is 3.33. The van der Waals surface area contributed by atoms with Crippen molar-refractivity contribution in [2.24, 2.45) is 11.8 Å². The van der Waals surface area contributed by atoms with Gasteiger partial charge in [0.2, 0.25) is 0 Å². The molecular formula is C12H20N4. The normalized spacial score (nSPS) is 34.8. The van der Waals surface area contributed by atoms with E-state index in [2.05, 4.69) is 28.9 Å². The van der Waals surface area contributed by atoms with Gasteiger partial charge in [-0.15, -0.1) is 0 Å². The van der Waals surface area contributed by atoms with E-state index in [0.717, 1.165) is 11.8 Å². The highest BCUT2D eigenvalue weighted by molar-refractivity contribution is 4.94. The molecule has 1 aliphatic carbocycles. The van der Waals surface area contributed by atoms with Gasteiger partial charge in [-0.05, 0) is 38.5 Å². The summed E-state index contributed by atoms with van der Waals surface area (Å²) in [5.74, 6) is 1.75. The Morgan fingerprint density at radius 2 is 1.62 bits per heavy atom. The maximum absolute atomic E-state index is 4.27. The highest BCUT2D eigenvalue weighted by Gasteiger charge is 2.42. The van der Waals surface area contributed by atoms with Crippen LogP contribution in [-0.2, 0) is 0 Å². The van der Waals surface area contributed by atoms with Gasteiger partial charge in [0, 0.05) is 19.1 Å². The molecule has 0 radical (unpaired) electrons. The number of hydrogen-bond donors (Lipinski definition) is 0. The average molecular weight is 220 g/mol. The van der Waals surface area contributed by atoms with Crippen LogP contribution in [-0.4, -0.2) is 39.0 Å². The van der Waals surface area contributed by atoms with Gasteiger partial charge < -0.3 is 4.90 Å². The van der Waals surface area contributed by atoms with Gasteiger partial charge in [-0.25, -0.2) is 0 Å². The Morgan fingerprint density at radius 3 is 2.12 bits per heavy atom. The van der Waals surface area contributed by atoms with Crippen LogP contribution in [0.3, 0.4) is 0 Å². The Bertz CT molecular complexity index is 332. The van der Waals surface area contributed by atoms with E-state index in [-0.39, 0.29) is 0 Å². The SMILES string of the molecule is CC(C)N1CC2CC(n3nccn3)CC2C1. The molecule has 2 unspecified atom stereocenters. The molecule has 1 aromatic heterocycles. The van der Waals surface area contributed by atoms with Crippen LogP contribution < -0.4 is 0 Å². The third-order valence-corrected chi connectivity index (χ3v) is 4.25. The molecule has 1 aromatic rings. The summed E-state index contributed by atoms with van der Waals surface area (Å²) >= 11 is 0. The first-order valence-corrected chi connectivity index (χ1v) is 6.34. The molecule has 1 aliphatic heterocycles. The van der Waals surface area contributed by atoms with Crippen LogP contribution >= 0.6 is 0 Å². The highest BCUT2D eigenvalue weighted by Crippen LogP contribution is 2.43. The van der Waals surface area contributed by atoms with Crippen molar-refractivity contribution in [2.75, 3.05) is 13.1 Å². The molecule has 0 amide bonds. The predicted octanol–water partition coefficient (Wildman–Crippen LogP) is 1.57. The van der Waals surface area contributed by atoms with Crippen molar-refractivity contribution in [1.29, 1.82) is 0 Å². The second-order valence-electron chi connectivity index (χ2n) is 5.54. The average Bonchev–Trinajstić information content (AvgIpc) is 2.91. The number of hydrogen-bond acceptors (Lipinski definition) is 3. The van der Waals surface area contributed by atoms with Crippen LogP contribution in [0.5, 0.6) is 0 Å². The largest absolute Gasteiger partial charge is 0.300 e. The molecule has 88 valence electrons. The molecule has 2 fully saturated rings. The first kappa shape index (κ1) is 10.3. The van der Waals surface area contributed by atoms with Crippen molar-refractivity contribution < 1.29 is 0 Å². The lowest BCUT2D eigenvalue weighted by atomic mass is 10.0. The number of nitrogens with zero attached hydrogens (tertiary/aromatic N) is 4. The van der Waals surface area contributed by atoms with E-state index in [1.54, 1.807) is 12.4 Å². The van der Waals surface area contributed by atoms with E-state index in [0.29, 0.717) is 12.1 Å². The summed E-state index contributed by atoms with van der Waals surface area (Å²) in [5.41, 5.74) is 0. The molecule has 16 heavy (non-hydrogen) atoms. The zero-order valence-electron chi connectivity index (χ0n) is 10.1. The lowest BCUT2D eigenvalue weighted by Crippen LogP contribution is -2.29. The van der Waals surface area contributed by atoms with E-state index in [1.807, 2.05) is 4.80 Å². The van der Waals surface area contributed by atoms with Gasteiger partial charge in [-0.3, -0.25) is 0 Å². The third-order valence-electron chi connectivity index (χ3n) is 4.25. The molecule has 3 rings (SSSR count). The summed E-state index contributed by atoms with van der Waals surface area (Å²) in [4.78, 5) is 4.53. The van der Waals surface area contributed by atoms with Gasteiger partial charge in [-0.1, -0.05) is 0 Å². The van der Waals surface area contributed by atoms with Crippen molar-refractivity contribution in [1.82, 2.24) is 19.9 Å². The van der Waals surface area contributed by atoms with Crippen LogP contribution in [0.1, 0.15) is 32.7 Å². The molecule has 4 heteroatoms. The van der Waals surface area contributed by atoms with E-state index in [1.165, 1.54) is 25.9 Å². The Labute approximate surface area is 96.6 Å². The lowest BCUT2D eigenvalue weighted by Gasteiger charge is -2.22. The van der Waals surface area contributed by atoms with E-state index < -0.39 is 0 Å². The van der Waals surface area contributed by atoms with Crippen LogP contribution in [0.25, 0.3) is 0 Å². The van der Waals surface area contributed by atoms with Gasteiger partial charge in [0.05, 0.1) is 18.4 Å². The third kappa shape index (κ3) is 1.65. The first-order valence-electron chi connectivity index (χ1n) is 6.34. The smallest absolute Gasteiger partial charge is 0.0722 e. The maximum atomic E-state index is 4.27. The van der Waals surface area contributed by atoms with Gasteiger partial charge in [0.15, 0.2) is 0 Å². The molecule has 1 saturated carbocycles. The minimum absolute atomic E-state index is 0.555. The molecule has 2 aliphatic rings. The van der Waals surface area contributed by atoms with Crippen LogP contribution in [0.4, 0.5) is 0 Å². The molecule has 1 saturated heterocycles. The quantitative estimate of drug-likeness (QED) is 0.758. The van der Waals surface area contributed by atoms with Gasteiger partial charge in [0.25, 0.3) is 0 Å². The van der Waals surface area contributed by atoms with Crippen molar-refractivity contribution in [2.45, 2.75) is 38.8 Å². The molecular weight excluding hydrogens is 200 g/mol. The second-order valence-corrected chi connectivity index (χ2v) is 5.54. The number of rotatable bonds is 2. The highest BCUT2D eigenvalue weighted by atomic mass is 15.5. The minimum Gasteiger partial charge on any atom is -0.300 e. The summed E-state index contributed by atoms with van der Waals surface area (Å²) in [7, 11) is 0. The molecule has 0 spiro atoms. The van der Waals surface area contributed by atoms with Gasteiger partial charge in [-0.2, -0.15) is 15.0 Å². The molecule has 0 N–H and O–H groups in total. The van der Waals surface area contributed by atoms with Gasteiger partial charge in [0.1, 0.15) is 0 Å². The topological polar surface area (TPSA) is 34.0 Å². The van der Waals surface area contributed by atoms with Crippen LogP contribution in [0.2, 0.25) is 0 Å². The lowest BCUT2D eigenvalue weighted by molar-refractivity contribution is 0.241. The monoisotopic (exact) mass is 220 g/mol. The molecule has 0 bridgehead atoms. The first-order chi connectivity index (χ1) is 7.74. The molecule has 0 aromatic carbocycles. The van der Waals surface area contributed by atoms with Crippen LogP contribution in [0, 0.1) is 11.8 Å². The van der Waals surface area contributed by atoms with Crippen molar-refractivity contribution in [3.8, 4) is 0 Å². The van der Waals surface area contributed by atoms with Crippen molar-refractivity contribution >= 4 is 0 Å². The van der Waals surface area contributed by atoms with Crippen LogP contribution in [0.15, 0.2) is 12.4 Å². The maximum Gasteiger partial charge on any atom is 0.0722 e. The number of aromatic nitrogens is 3. The van der Waals surface area contributed by atoms with E-state index in [9.17, 15) is 0 Å². The summed E-state index contributed by atoms with van der Waals surface area (Å²) < 4.78 is 0. The summed E-state index contributed by atoms with van der Waals surface area (Å²) in [6.45, 7) is 7.15. The Kier molecular flexibility index (Phi) is 2.46. The standard InChI is InChI=1S/C12H20N4/c1-9(2)15-7-10-5-12(6-11(10)8-15)16-13-3-4-14-16/h3-4,9-12H,5-8H2,1-2H3. The Hall–Kier alpha value is -0.900. The second kappa shape index (κ2) is 3.84. The minimum atomic E-state index is 0.555. The van der Waals surface area contributed by atoms with Gasteiger partial charge >= 0.3 is 0 Å².